The molecule has 1 amide bonds. The van der Waals surface area contributed by atoms with Gasteiger partial charge in [0.25, 0.3) is 5.91 Å². The van der Waals surface area contributed by atoms with E-state index in [1.807, 2.05) is 26.8 Å². The summed E-state index contributed by atoms with van der Waals surface area (Å²) in [5.74, 6) is -0.136. The molecular formula is C18H27N5O2. The Hall–Kier alpha value is -1.99. The van der Waals surface area contributed by atoms with Crippen LogP contribution < -0.4 is 5.32 Å². The Morgan fingerprint density at radius 3 is 2.68 bits per heavy atom. The molecule has 0 aliphatic carbocycles. The maximum atomic E-state index is 13.0. The van der Waals surface area contributed by atoms with Crippen LogP contribution in [0.25, 0.3) is 5.65 Å². The van der Waals surface area contributed by atoms with E-state index in [4.69, 9.17) is 4.74 Å². The third-order valence-corrected chi connectivity index (χ3v) is 4.94. The standard InChI is InChI=1S/C18H27N5O2/c1-10(2)22-8-14(15(9-22)25-6)20-18(24)16-13(5)21-23-12(4)7-11(3)19-17(16)23/h7,10,14-15H,8-9H2,1-6H3,(H,20,24)/t14-,15-/m0/s1. The molecule has 1 fully saturated rings. The number of amides is 1. The lowest BCUT2D eigenvalue weighted by Gasteiger charge is -2.20. The number of carbonyl (C=O) groups is 1. The Bertz CT molecular complexity index is 798. The quantitative estimate of drug-likeness (QED) is 0.909. The van der Waals surface area contributed by atoms with Crippen LogP contribution in [0.1, 0.15) is 41.3 Å². The van der Waals surface area contributed by atoms with Crippen LogP contribution in [0.2, 0.25) is 0 Å². The van der Waals surface area contributed by atoms with Gasteiger partial charge in [-0.05, 0) is 40.7 Å². The Kier molecular flexibility index (Phi) is 4.79. The van der Waals surface area contributed by atoms with E-state index in [2.05, 4.69) is 34.1 Å². The molecule has 25 heavy (non-hydrogen) atoms. The van der Waals surface area contributed by atoms with Gasteiger partial charge in [-0.15, -0.1) is 0 Å². The molecule has 0 unspecified atom stereocenters. The van der Waals surface area contributed by atoms with Crippen LogP contribution in [0.4, 0.5) is 0 Å². The van der Waals surface area contributed by atoms with Crippen LogP contribution in [0.15, 0.2) is 6.07 Å². The van der Waals surface area contributed by atoms with Crippen molar-refractivity contribution in [3.63, 3.8) is 0 Å². The van der Waals surface area contributed by atoms with Crippen molar-refractivity contribution in [3.05, 3.63) is 28.7 Å². The molecule has 7 heteroatoms. The molecule has 3 rings (SSSR count). The van der Waals surface area contributed by atoms with Gasteiger partial charge in [-0.2, -0.15) is 5.10 Å². The summed E-state index contributed by atoms with van der Waals surface area (Å²) < 4.78 is 7.32. The summed E-state index contributed by atoms with van der Waals surface area (Å²) in [6.45, 7) is 11.7. The second kappa shape index (κ2) is 6.72. The van der Waals surface area contributed by atoms with E-state index in [1.165, 1.54) is 0 Å². The maximum absolute atomic E-state index is 13.0. The zero-order valence-corrected chi connectivity index (χ0v) is 15.8. The number of aromatic nitrogens is 3. The Morgan fingerprint density at radius 2 is 2.04 bits per heavy atom. The Morgan fingerprint density at radius 1 is 1.32 bits per heavy atom. The molecule has 0 saturated carbocycles. The second-order valence-corrected chi connectivity index (χ2v) is 7.14. The minimum Gasteiger partial charge on any atom is -0.378 e. The first-order valence-electron chi connectivity index (χ1n) is 8.73. The molecule has 7 nitrogen and oxygen atoms in total. The second-order valence-electron chi connectivity index (χ2n) is 7.14. The van der Waals surface area contributed by atoms with Gasteiger partial charge >= 0.3 is 0 Å². The van der Waals surface area contributed by atoms with Gasteiger partial charge in [0.1, 0.15) is 5.56 Å². The maximum Gasteiger partial charge on any atom is 0.257 e. The average molecular weight is 345 g/mol. The lowest BCUT2D eigenvalue weighted by Crippen LogP contribution is -2.44. The Balaban J connectivity index is 1.89. The van der Waals surface area contributed by atoms with Gasteiger partial charge in [-0.25, -0.2) is 9.50 Å². The van der Waals surface area contributed by atoms with Crippen molar-refractivity contribution in [2.45, 2.75) is 52.8 Å². The van der Waals surface area contributed by atoms with Crippen LogP contribution in [0.3, 0.4) is 0 Å². The van der Waals surface area contributed by atoms with Crippen molar-refractivity contribution < 1.29 is 9.53 Å². The summed E-state index contributed by atoms with van der Waals surface area (Å²) in [7, 11) is 1.70. The topological polar surface area (TPSA) is 71.8 Å². The fourth-order valence-electron chi connectivity index (χ4n) is 3.54. The number of likely N-dealkylation sites (tertiary alicyclic amines) is 1. The number of fused-ring (bicyclic) bond motifs is 1. The number of ether oxygens (including phenoxy) is 1. The fourth-order valence-corrected chi connectivity index (χ4v) is 3.54. The molecule has 2 atom stereocenters. The lowest BCUT2D eigenvalue weighted by atomic mass is 10.1. The highest BCUT2D eigenvalue weighted by Crippen LogP contribution is 2.19. The van der Waals surface area contributed by atoms with Crippen LogP contribution in [0.5, 0.6) is 0 Å². The van der Waals surface area contributed by atoms with E-state index < -0.39 is 0 Å². The highest BCUT2D eigenvalue weighted by molar-refractivity contribution is 6.01. The first-order chi connectivity index (χ1) is 11.8. The van der Waals surface area contributed by atoms with Gasteiger partial charge in [0.05, 0.1) is 17.8 Å². The van der Waals surface area contributed by atoms with Gasteiger partial charge in [0, 0.05) is 37.6 Å². The number of aryl methyl sites for hydroxylation is 3. The highest BCUT2D eigenvalue weighted by Gasteiger charge is 2.36. The van der Waals surface area contributed by atoms with Crippen molar-refractivity contribution in [1.29, 1.82) is 0 Å². The average Bonchev–Trinajstić information content (AvgIpc) is 3.08. The van der Waals surface area contributed by atoms with Crippen molar-refractivity contribution in [1.82, 2.24) is 24.8 Å². The summed E-state index contributed by atoms with van der Waals surface area (Å²) in [6.07, 6.45) is -0.00933. The monoisotopic (exact) mass is 345 g/mol. The predicted molar refractivity (Wildman–Crippen MR) is 96.0 cm³/mol. The minimum atomic E-state index is -0.136. The smallest absolute Gasteiger partial charge is 0.257 e. The third-order valence-electron chi connectivity index (χ3n) is 4.94. The molecule has 0 bridgehead atoms. The fraction of sp³-hybridized carbons (Fsp3) is 0.611. The molecule has 2 aromatic rings. The molecule has 3 heterocycles. The highest BCUT2D eigenvalue weighted by atomic mass is 16.5. The molecular weight excluding hydrogens is 318 g/mol. The molecule has 0 aromatic carbocycles. The van der Waals surface area contributed by atoms with E-state index >= 15 is 0 Å². The van der Waals surface area contributed by atoms with Crippen LogP contribution in [-0.2, 0) is 4.74 Å². The summed E-state index contributed by atoms with van der Waals surface area (Å²) in [4.78, 5) is 19.8. The van der Waals surface area contributed by atoms with Gasteiger partial charge in [-0.3, -0.25) is 9.69 Å². The number of hydrogen-bond acceptors (Lipinski definition) is 5. The van der Waals surface area contributed by atoms with Crippen LogP contribution in [-0.4, -0.2) is 63.8 Å². The number of rotatable bonds is 4. The molecule has 0 spiro atoms. The molecule has 1 aliphatic rings. The summed E-state index contributed by atoms with van der Waals surface area (Å²) in [5, 5.41) is 7.62. The van der Waals surface area contributed by atoms with E-state index in [0.717, 1.165) is 24.5 Å². The minimum absolute atomic E-state index is 0.00933. The number of carbonyl (C=O) groups excluding carboxylic acids is 1. The zero-order chi connectivity index (χ0) is 18.3. The van der Waals surface area contributed by atoms with E-state index in [1.54, 1.807) is 11.6 Å². The van der Waals surface area contributed by atoms with Crippen LogP contribution in [0, 0.1) is 20.8 Å². The zero-order valence-electron chi connectivity index (χ0n) is 15.8. The molecule has 1 N–H and O–H groups in total. The van der Waals surface area contributed by atoms with Crippen molar-refractivity contribution in [2.75, 3.05) is 20.2 Å². The molecule has 1 aliphatic heterocycles. The number of hydrogen-bond donors (Lipinski definition) is 1. The summed E-state index contributed by atoms with van der Waals surface area (Å²) in [6, 6.07) is 2.34. The largest absolute Gasteiger partial charge is 0.378 e. The van der Waals surface area contributed by atoms with Gasteiger partial charge < -0.3 is 10.1 Å². The third kappa shape index (κ3) is 3.26. The summed E-state index contributed by atoms with van der Waals surface area (Å²) in [5.41, 5.74) is 3.68. The molecule has 0 radical (unpaired) electrons. The first kappa shape index (κ1) is 17.8. The van der Waals surface area contributed by atoms with Gasteiger partial charge in [-0.1, -0.05) is 0 Å². The van der Waals surface area contributed by atoms with E-state index in [9.17, 15) is 4.79 Å². The van der Waals surface area contributed by atoms with E-state index in [-0.39, 0.29) is 18.1 Å². The van der Waals surface area contributed by atoms with E-state index in [0.29, 0.717) is 22.9 Å². The van der Waals surface area contributed by atoms with Crippen molar-refractivity contribution in [2.24, 2.45) is 0 Å². The van der Waals surface area contributed by atoms with Gasteiger partial charge in [0.2, 0.25) is 0 Å². The number of nitrogens with one attached hydrogen (secondary N) is 1. The van der Waals surface area contributed by atoms with Crippen molar-refractivity contribution >= 4 is 11.6 Å². The number of methoxy groups -OCH3 is 1. The van der Waals surface area contributed by atoms with Gasteiger partial charge in [0.15, 0.2) is 5.65 Å². The Labute approximate surface area is 148 Å². The number of nitrogens with zero attached hydrogens (tertiary/aromatic N) is 4. The molecule has 136 valence electrons. The normalized spacial score (nSPS) is 21.4. The molecule has 1 saturated heterocycles. The predicted octanol–water partition coefficient (Wildman–Crippen LogP) is 1.49. The van der Waals surface area contributed by atoms with Crippen molar-refractivity contribution in [3.8, 4) is 0 Å². The summed E-state index contributed by atoms with van der Waals surface area (Å²) >= 11 is 0. The van der Waals surface area contributed by atoms with Crippen LogP contribution >= 0.6 is 0 Å². The SMILES string of the molecule is CO[C@H]1CN(C(C)C)C[C@@H]1NC(=O)c1c(C)nn2c(C)cc(C)nc12. The lowest BCUT2D eigenvalue weighted by molar-refractivity contribution is 0.0753. The molecule has 2 aromatic heterocycles. The first-order valence-corrected chi connectivity index (χ1v) is 8.73.